The first-order valence-electron chi connectivity index (χ1n) is 5.66. The van der Waals surface area contributed by atoms with E-state index in [0.717, 1.165) is 0 Å². The molecular weight excluding hydrogens is 291 g/mol. The van der Waals surface area contributed by atoms with Crippen LogP contribution < -0.4 is 0 Å². The maximum Gasteiger partial charge on any atom is 0.178 e. The number of nitrogens with one attached hydrogen (secondary N) is 1. The summed E-state index contributed by atoms with van der Waals surface area (Å²) in [6.07, 6.45) is -0.158. The SMILES string of the molecule is COCC(Cn1c(=S)[nH]c2cc(Cl)c(F)cc21)OC. The maximum atomic E-state index is 13.6. The van der Waals surface area contributed by atoms with E-state index < -0.39 is 5.82 Å². The van der Waals surface area contributed by atoms with Gasteiger partial charge in [-0.3, -0.25) is 0 Å². The van der Waals surface area contributed by atoms with Crippen molar-refractivity contribution in [3.63, 3.8) is 0 Å². The van der Waals surface area contributed by atoms with Gasteiger partial charge in [-0.1, -0.05) is 11.6 Å². The highest BCUT2D eigenvalue weighted by molar-refractivity contribution is 7.71. The Kier molecular flexibility index (Phi) is 4.57. The summed E-state index contributed by atoms with van der Waals surface area (Å²) in [4.78, 5) is 3.00. The molecule has 0 radical (unpaired) electrons. The zero-order valence-corrected chi connectivity index (χ0v) is 12.1. The predicted molar refractivity (Wildman–Crippen MR) is 74.8 cm³/mol. The van der Waals surface area contributed by atoms with Crippen LogP contribution in [0.15, 0.2) is 12.1 Å². The second kappa shape index (κ2) is 6.00. The number of hydrogen-bond donors (Lipinski definition) is 1. The summed E-state index contributed by atoms with van der Waals surface area (Å²) < 4.78 is 26.2. The first-order valence-corrected chi connectivity index (χ1v) is 6.44. The number of methoxy groups -OCH3 is 2. The van der Waals surface area contributed by atoms with Crippen molar-refractivity contribution in [3.8, 4) is 0 Å². The molecule has 104 valence electrons. The van der Waals surface area contributed by atoms with Crippen LogP contribution in [0.3, 0.4) is 0 Å². The third-order valence-corrected chi connectivity index (χ3v) is 3.50. The molecule has 0 amide bonds. The standard InChI is InChI=1S/C12H14ClFN2O2S/c1-17-6-7(18-2)5-16-11-4-9(14)8(13)3-10(11)15-12(16)19/h3-4,7H,5-6H2,1-2H3,(H,15,19). The Morgan fingerprint density at radius 3 is 2.84 bits per heavy atom. The minimum Gasteiger partial charge on any atom is -0.382 e. The van der Waals surface area contributed by atoms with E-state index in [-0.39, 0.29) is 11.1 Å². The van der Waals surface area contributed by atoms with Gasteiger partial charge in [0.1, 0.15) is 5.82 Å². The molecule has 2 aromatic rings. The van der Waals surface area contributed by atoms with E-state index in [1.807, 2.05) is 0 Å². The number of halogens is 2. The molecule has 0 aliphatic heterocycles. The van der Waals surface area contributed by atoms with E-state index in [4.69, 9.17) is 33.3 Å². The molecule has 4 nitrogen and oxygen atoms in total. The third kappa shape index (κ3) is 2.97. The van der Waals surface area contributed by atoms with Crippen LogP contribution in [0.25, 0.3) is 11.0 Å². The molecule has 2 rings (SSSR count). The van der Waals surface area contributed by atoms with E-state index in [9.17, 15) is 4.39 Å². The highest BCUT2D eigenvalue weighted by atomic mass is 35.5. The van der Waals surface area contributed by atoms with Crippen LogP contribution in [0.4, 0.5) is 4.39 Å². The van der Waals surface area contributed by atoms with Gasteiger partial charge in [0, 0.05) is 20.3 Å². The van der Waals surface area contributed by atoms with Gasteiger partial charge in [-0.15, -0.1) is 0 Å². The van der Waals surface area contributed by atoms with Gasteiger partial charge in [-0.2, -0.15) is 0 Å². The zero-order valence-electron chi connectivity index (χ0n) is 10.6. The first kappa shape index (κ1) is 14.5. The van der Waals surface area contributed by atoms with E-state index in [1.165, 1.54) is 12.1 Å². The van der Waals surface area contributed by atoms with Crippen LogP contribution >= 0.6 is 23.8 Å². The molecule has 0 aliphatic rings. The Labute approximate surface area is 120 Å². The topological polar surface area (TPSA) is 39.2 Å². The molecule has 0 fully saturated rings. The number of nitrogens with zero attached hydrogens (tertiary/aromatic N) is 1. The second-order valence-electron chi connectivity index (χ2n) is 4.14. The zero-order chi connectivity index (χ0) is 14.0. The van der Waals surface area contributed by atoms with Gasteiger partial charge in [0.25, 0.3) is 0 Å². The van der Waals surface area contributed by atoms with Crippen LogP contribution in [-0.2, 0) is 16.0 Å². The molecule has 1 unspecified atom stereocenters. The van der Waals surface area contributed by atoms with E-state index in [2.05, 4.69) is 4.98 Å². The molecule has 1 heterocycles. The number of aromatic nitrogens is 2. The fourth-order valence-electron chi connectivity index (χ4n) is 1.92. The van der Waals surface area contributed by atoms with Crippen molar-refractivity contribution < 1.29 is 13.9 Å². The molecule has 1 aromatic heterocycles. The molecule has 1 aromatic carbocycles. The predicted octanol–water partition coefficient (Wildman–Crippen LogP) is 3.15. The molecule has 19 heavy (non-hydrogen) atoms. The van der Waals surface area contributed by atoms with Crippen molar-refractivity contribution >= 4 is 34.9 Å². The summed E-state index contributed by atoms with van der Waals surface area (Å²) in [6.45, 7) is 0.908. The summed E-state index contributed by atoms with van der Waals surface area (Å²) in [5.74, 6) is -0.474. The molecule has 1 N–H and O–H groups in total. The summed E-state index contributed by atoms with van der Waals surface area (Å²) in [5, 5.41) is 0.0658. The van der Waals surface area contributed by atoms with E-state index in [1.54, 1.807) is 18.8 Å². The lowest BCUT2D eigenvalue weighted by atomic mass is 10.3. The Balaban J connectivity index is 2.45. The van der Waals surface area contributed by atoms with Crippen molar-refractivity contribution in [2.75, 3.05) is 20.8 Å². The number of fused-ring (bicyclic) bond motifs is 1. The van der Waals surface area contributed by atoms with Crippen LogP contribution in [0.5, 0.6) is 0 Å². The Bertz CT molecular complexity index is 640. The Hall–Kier alpha value is -0.950. The molecule has 0 spiro atoms. The molecule has 1 atom stereocenters. The van der Waals surface area contributed by atoms with E-state index in [0.29, 0.717) is 29.0 Å². The molecule has 0 saturated heterocycles. The second-order valence-corrected chi connectivity index (χ2v) is 4.93. The average Bonchev–Trinajstić information content (AvgIpc) is 2.66. The van der Waals surface area contributed by atoms with Crippen LogP contribution in [-0.4, -0.2) is 36.5 Å². The number of rotatable bonds is 5. The lowest BCUT2D eigenvalue weighted by Gasteiger charge is -2.15. The Morgan fingerprint density at radius 2 is 2.21 bits per heavy atom. The smallest absolute Gasteiger partial charge is 0.178 e. The van der Waals surface area contributed by atoms with Crippen molar-refractivity contribution in [1.29, 1.82) is 0 Å². The van der Waals surface area contributed by atoms with Crippen molar-refractivity contribution in [2.45, 2.75) is 12.6 Å². The Morgan fingerprint density at radius 1 is 1.47 bits per heavy atom. The summed E-state index contributed by atoms with van der Waals surface area (Å²) in [7, 11) is 3.19. The monoisotopic (exact) mass is 304 g/mol. The fourth-order valence-corrected chi connectivity index (χ4v) is 2.36. The lowest BCUT2D eigenvalue weighted by Crippen LogP contribution is -2.23. The minimum atomic E-state index is -0.474. The van der Waals surface area contributed by atoms with Gasteiger partial charge in [-0.25, -0.2) is 4.39 Å². The van der Waals surface area contributed by atoms with Gasteiger partial charge >= 0.3 is 0 Å². The molecular formula is C12H14ClFN2O2S. The average molecular weight is 305 g/mol. The van der Waals surface area contributed by atoms with Gasteiger partial charge in [0.15, 0.2) is 4.77 Å². The summed E-state index contributed by atoms with van der Waals surface area (Å²) in [6, 6.07) is 2.89. The van der Waals surface area contributed by atoms with Crippen LogP contribution in [0.2, 0.25) is 5.02 Å². The van der Waals surface area contributed by atoms with Gasteiger partial charge in [-0.05, 0) is 18.3 Å². The number of ether oxygens (including phenoxy) is 2. The normalized spacial score (nSPS) is 13.1. The maximum absolute atomic E-state index is 13.6. The summed E-state index contributed by atoms with van der Waals surface area (Å²) in [5.41, 5.74) is 1.36. The van der Waals surface area contributed by atoms with Gasteiger partial charge in [0.05, 0.1) is 35.3 Å². The fraction of sp³-hybridized carbons (Fsp3) is 0.417. The van der Waals surface area contributed by atoms with Gasteiger partial charge in [0.2, 0.25) is 0 Å². The number of aromatic amines is 1. The number of benzene rings is 1. The van der Waals surface area contributed by atoms with Crippen molar-refractivity contribution in [1.82, 2.24) is 9.55 Å². The quantitative estimate of drug-likeness (QED) is 0.863. The lowest BCUT2D eigenvalue weighted by molar-refractivity contribution is 0.0188. The molecule has 0 bridgehead atoms. The van der Waals surface area contributed by atoms with Crippen LogP contribution in [0.1, 0.15) is 0 Å². The van der Waals surface area contributed by atoms with Gasteiger partial charge < -0.3 is 19.0 Å². The van der Waals surface area contributed by atoms with E-state index >= 15 is 0 Å². The molecule has 7 heteroatoms. The highest BCUT2D eigenvalue weighted by Gasteiger charge is 2.13. The third-order valence-electron chi connectivity index (χ3n) is 2.89. The highest BCUT2D eigenvalue weighted by Crippen LogP contribution is 2.23. The number of imidazole rings is 1. The minimum absolute atomic E-state index is 0.0658. The molecule has 0 saturated carbocycles. The number of hydrogen-bond acceptors (Lipinski definition) is 3. The van der Waals surface area contributed by atoms with Crippen molar-refractivity contribution in [2.24, 2.45) is 0 Å². The molecule has 0 aliphatic carbocycles. The largest absolute Gasteiger partial charge is 0.382 e. The van der Waals surface area contributed by atoms with Crippen molar-refractivity contribution in [3.05, 3.63) is 27.7 Å². The summed E-state index contributed by atoms with van der Waals surface area (Å²) >= 11 is 11.0. The first-order chi connectivity index (χ1) is 9.06. The van der Waals surface area contributed by atoms with Crippen LogP contribution in [0, 0.1) is 10.6 Å². The number of H-pyrrole nitrogens is 1.